The van der Waals surface area contributed by atoms with Gasteiger partial charge in [-0.25, -0.2) is 0 Å². The number of phenolic OH excluding ortho intramolecular Hbond substituents is 1. The first kappa shape index (κ1) is 25.3. The average molecular weight is 462 g/mol. The molecule has 1 aliphatic carbocycles. The van der Waals surface area contributed by atoms with Crippen LogP contribution in [0.5, 0.6) is 5.75 Å². The lowest BCUT2D eigenvalue weighted by atomic mass is 9.96. The van der Waals surface area contributed by atoms with Gasteiger partial charge < -0.3 is 15.2 Å². The maximum Gasteiger partial charge on any atom is 0.306 e. The SMILES string of the molecule is CC(CCCCOC(=O)CCc1ccc2c(c1)/C=C\C=C\CC2)C(=O)NCc1ccccc1O. The topological polar surface area (TPSA) is 75.6 Å². The van der Waals surface area contributed by atoms with Crippen LogP contribution in [0.3, 0.4) is 0 Å². The first-order valence-corrected chi connectivity index (χ1v) is 12.2. The van der Waals surface area contributed by atoms with Crippen molar-refractivity contribution < 1.29 is 19.4 Å². The van der Waals surface area contributed by atoms with Crippen LogP contribution in [0, 0.1) is 5.92 Å². The Bertz CT molecular complexity index is 1020. The molecule has 1 unspecified atom stereocenters. The third-order valence-electron chi connectivity index (χ3n) is 6.12. The second kappa shape index (κ2) is 13.4. The summed E-state index contributed by atoms with van der Waals surface area (Å²) in [5.74, 6) is -0.172. The summed E-state index contributed by atoms with van der Waals surface area (Å²) in [7, 11) is 0. The molecule has 0 radical (unpaired) electrons. The summed E-state index contributed by atoms with van der Waals surface area (Å²) in [4.78, 5) is 24.4. The van der Waals surface area contributed by atoms with Crippen LogP contribution >= 0.6 is 0 Å². The monoisotopic (exact) mass is 461 g/mol. The number of unbranched alkanes of at least 4 members (excludes halogenated alkanes) is 1. The minimum Gasteiger partial charge on any atom is -0.508 e. The highest BCUT2D eigenvalue weighted by molar-refractivity contribution is 5.78. The molecule has 0 aliphatic heterocycles. The Labute approximate surface area is 202 Å². The number of carbonyl (C=O) groups is 2. The zero-order chi connectivity index (χ0) is 24.2. The van der Waals surface area contributed by atoms with E-state index in [0.717, 1.165) is 37.7 Å². The highest BCUT2D eigenvalue weighted by Crippen LogP contribution is 2.19. The van der Waals surface area contributed by atoms with Gasteiger partial charge in [-0.05, 0) is 61.3 Å². The first-order chi connectivity index (χ1) is 16.5. The number of hydrogen-bond donors (Lipinski definition) is 2. The molecular weight excluding hydrogens is 426 g/mol. The number of esters is 1. The third-order valence-corrected chi connectivity index (χ3v) is 6.12. The Hall–Kier alpha value is -3.34. The maximum absolute atomic E-state index is 12.3. The van der Waals surface area contributed by atoms with Gasteiger partial charge in [-0.2, -0.15) is 0 Å². The summed E-state index contributed by atoms with van der Waals surface area (Å²) in [6.45, 7) is 2.58. The van der Waals surface area contributed by atoms with Gasteiger partial charge in [0.05, 0.1) is 6.61 Å². The van der Waals surface area contributed by atoms with Crippen LogP contribution in [0.2, 0.25) is 0 Å². The van der Waals surface area contributed by atoms with E-state index in [4.69, 9.17) is 4.74 Å². The molecule has 0 aromatic heterocycles. The highest BCUT2D eigenvalue weighted by Gasteiger charge is 2.13. The number of aromatic hydroxyl groups is 1. The van der Waals surface area contributed by atoms with Crippen LogP contribution in [0.4, 0.5) is 0 Å². The minimum atomic E-state index is -0.182. The molecule has 34 heavy (non-hydrogen) atoms. The van der Waals surface area contributed by atoms with Crippen molar-refractivity contribution in [3.05, 3.63) is 82.9 Å². The van der Waals surface area contributed by atoms with Gasteiger partial charge in [0.25, 0.3) is 0 Å². The number of hydrogen-bond acceptors (Lipinski definition) is 4. The van der Waals surface area contributed by atoms with Gasteiger partial charge in [-0.3, -0.25) is 9.59 Å². The van der Waals surface area contributed by atoms with E-state index in [2.05, 4.69) is 47.8 Å². The molecule has 0 fully saturated rings. The number of para-hydroxylation sites is 1. The number of amides is 1. The number of ether oxygens (including phenoxy) is 1. The van der Waals surface area contributed by atoms with Gasteiger partial charge in [0.1, 0.15) is 5.75 Å². The summed E-state index contributed by atoms with van der Waals surface area (Å²) in [6.07, 6.45) is 13.8. The van der Waals surface area contributed by atoms with Gasteiger partial charge in [0.15, 0.2) is 0 Å². The zero-order valence-corrected chi connectivity index (χ0v) is 20.0. The molecule has 0 saturated heterocycles. The van der Waals surface area contributed by atoms with Crippen LogP contribution in [-0.2, 0) is 33.7 Å². The molecule has 3 rings (SSSR count). The van der Waals surface area contributed by atoms with E-state index in [1.54, 1.807) is 18.2 Å². The Kier molecular flexibility index (Phi) is 9.96. The average Bonchev–Trinajstić information content (AvgIpc) is 2.82. The molecule has 2 N–H and O–H groups in total. The summed E-state index contributed by atoms with van der Waals surface area (Å²) in [6, 6.07) is 13.4. The van der Waals surface area contributed by atoms with E-state index in [1.807, 2.05) is 13.0 Å². The lowest BCUT2D eigenvalue weighted by Gasteiger charge is -2.13. The van der Waals surface area contributed by atoms with Crippen molar-refractivity contribution in [2.75, 3.05) is 6.61 Å². The molecule has 0 heterocycles. The van der Waals surface area contributed by atoms with Gasteiger partial charge in [0.2, 0.25) is 5.91 Å². The number of carbonyl (C=O) groups excluding carboxylic acids is 2. The molecule has 1 aliphatic rings. The van der Waals surface area contributed by atoms with Crippen molar-refractivity contribution in [1.82, 2.24) is 5.32 Å². The number of fused-ring (bicyclic) bond motifs is 1. The number of allylic oxidation sites excluding steroid dienone is 3. The fourth-order valence-electron chi connectivity index (χ4n) is 3.96. The highest BCUT2D eigenvalue weighted by atomic mass is 16.5. The van der Waals surface area contributed by atoms with Crippen molar-refractivity contribution in [3.63, 3.8) is 0 Å². The Balaban J connectivity index is 1.29. The Morgan fingerprint density at radius 3 is 2.82 bits per heavy atom. The lowest BCUT2D eigenvalue weighted by molar-refractivity contribution is -0.143. The maximum atomic E-state index is 12.3. The first-order valence-electron chi connectivity index (χ1n) is 12.2. The predicted octanol–water partition coefficient (Wildman–Crippen LogP) is 5.51. The molecule has 2 aromatic rings. The quantitative estimate of drug-likeness (QED) is 0.342. The van der Waals surface area contributed by atoms with Gasteiger partial charge in [-0.1, -0.05) is 67.6 Å². The molecule has 180 valence electrons. The standard InChI is InChI=1S/C29H35NO4/c1-22(29(33)30-21-26-13-6-7-14-27(26)31)10-8-9-19-34-28(32)18-16-23-15-17-24-11-4-2-3-5-12-25(24)20-23/h2-3,5-7,12-15,17,20,22,31H,4,8-11,16,18-19,21H2,1H3,(H,30,33)/b3-2+,12-5-. The smallest absolute Gasteiger partial charge is 0.306 e. The number of rotatable bonds is 11. The Morgan fingerprint density at radius 2 is 1.97 bits per heavy atom. The van der Waals surface area contributed by atoms with Gasteiger partial charge >= 0.3 is 5.97 Å². The van der Waals surface area contributed by atoms with Gasteiger partial charge in [-0.15, -0.1) is 0 Å². The fraction of sp³-hybridized carbons (Fsp3) is 0.379. The predicted molar refractivity (Wildman–Crippen MR) is 135 cm³/mol. The van der Waals surface area contributed by atoms with Crippen molar-refractivity contribution in [3.8, 4) is 5.75 Å². The molecule has 0 saturated carbocycles. The normalized spacial score (nSPS) is 15.3. The largest absolute Gasteiger partial charge is 0.508 e. The molecule has 5 heteroatoms. The van der Waals surface area contributed by atoms with E-state index in [1.165, 1.54) is 11.1 Å². The zero-order valence-electron chi connectivity index (χ0n) is 20.0. The van der Waals surface area contributed by atoms with Crippen LogP contribution in [-0.4, -0.2) is 23.6 Å². The second-order valence-corrected chi connectivity index (χ2v) is 8.82. The van der Waals surface area contributed by atoms with Crippen LogP contribution in [0.25, 0.3) is 6.08 Å². The van der Waals surface area contributed by atoms with Gasteiger partial charge in [0, 0.05) is 24.4 Å². The van der Waals surface area contributed by atoms with E-state index < -0.39 is 0 Å². The van der Waals surface area contributed by atoms with E-state index >= 15 is 0 Å². The fourth-order valence-corrected chi connectivity index (χ4v) is 3.96. The lowest BCUT2D eigenvalue weighted by Crippen LogP contribution is -2.28. The molecule has 0 spiro atoms. The number of benzene rings is 2. The molecule has 2 aromatic carbocycles. The summed E-state index contributed by atoms with van der Waals surface area (Å²) < 4.78 is 5.38. The molecule has 1 atom stereocenters. The minimum absolute atomic E-state index is 0.0394. The van der Waals surface area contributed by atoms with Crippen molar-refractivity contribution in [2.45, 2.75) is 58.4 Å². The second-order valence-electron chi connectivity index (χ2n) is 8.82. The molecule has 5 nitrogen and oxygen atoms in total. The van der Waals surface area contributed by atoms with E-state index in [9.17, 15) is 14.7 Å². The molecule has 0 bridgehead atoms. The Morgan fingerprint density at radius 1 is 1.12 bits per heavy atom. The summed E-state index contributed by atoms with van der Waals surface area (Å²) >= 11 is 0. The number of phenols is 1. The molecular formula is C29H35NO4. The molecule has 1 amide bonds. The van der Waals surface area contributed by atoms with E-state index in [-0.39, 0.29) is 23.5 Å². The number of aryl methyl sites for hydroxylation is 2. The van der Waals surface area contributed by atoms with Crippen molar-refractivity contribution in [1.29, 1.82) is 0 Å². The third kappa shape index (κ3) is 8.22. The van der Waals surface area contributed by atoms with Crippen LogP contribution < -0.4 is 5.32 Å². The summed E-state index contributed by atoms with van der Waals surface area (Å²) in [5, 5.41) is 12.6. The van der Waals surface area contributed by atoms with Crippen molar-refractivity contribution >= 4 is 18.0 Å². The van der Waals surface area contributed by atoms with Crippen LogP contribution in [0.15, 0.2) is 60.7 Å². The van der Waals surface area contributed by atoms with E-state index in [0.29, 0.717) is 31.6 Å². The van der Waals surface area contributed by atoms with Crippen LogP contribution in [0.1, 0.15) is 61.3 Å². The summed E-state index contributed by atoms with van der Waals surface area (Å²) in [5.41, 5.74) is 4.42. The number of nitrogens with one attached hydrogen (secondary N) is 1. The van der Waals surface area contributed by atoms with Crippen molar-refractivity contribution in [2.24, 2.45) is 5.92 Å².